The van der Waals surface area contributed by atoms with Crippen LogP contribution in [0.5, 0.6) is 0 Å². The number of rotatable bonds is 7. The Balaban J connectivity index is 1.58. The molecule has 4 nitrogen and oxygen atoms in total. The number of nitrogens with zero attached hydrogens (tertiary/aromatic N) is 1. The summed E-state index contributed by atoms with van der Waals surface area (Å²) in [6, 6.07) is 4.17. The van der Waals surface area contributed by atoms with Crippen molar-refractivity contribution >= 4 is 17.2 Å². The van der Waals surface area contributed by atoms with Gasteiger partial charge in [0.1, 0.15) is 0 Å². The summed E-state index contributed by atoms with van der Waals surface area (Å²) in [4.78, 5) is 15.5. The molecule has 2 N–H and O–H groups in total. The van der Waals surface area contributed by atoms with Gasteiger partial charge in [-0.05, 0) is 63.3 Å². The Morgan fingerprint density at radius 3 is 2.90 bits per heavy atom. The molecule has 0 unspecified atom stereocenters. The molecule has 1 aliphatic heterocycles. The molecule has 0 bridgehead atoms. The summed E-state index contributed by atoms with van der Waals surface area (Å²) in [5, 5.41) is 8.33. The summed E-state index contributed by atoms with van der Waals surface area (Å²) < 4.78 is 0. The van der Waals surface area contributed by atoms with Gasteiger partial charge in [-0.2, -0.15) is 0 Å². The average molecular weight is 295 g/mol. The standard InChI is InChI=1S/C15H25N3OS/c1-16-11-13-5-8-18(9-6-13)12-15(19)17-7-4-14-3-2-10-20-14/h2-3,10,13,16H,4-9,11-12H2,1H3,(H,17,19). The Hall–Kier alpha value is -0.910. The smallest absolute Gasteiger partial charge is 0.234 e. The van der Waals surface area contributed by atoms with Crippen LogP contribution in [0, 0.1) is 5.92 Å². The number of piperidine rings is 1. The van der Waals surface area contributed by atoms with Crippen LogP contribution in [-0.4, -0.2) is 50.6 Å². The Bertz CT molecular complexity index is 386. The van der Waals surface area contributed by atoms with E-state index in [1.807, 2.05) is 7.05 Å². The summed E-state index contributed by atoms with van der Waals surface area (Å²) >= 11 is 1.75. The first-order valence-corrected chi connectivity index (χ1v) is 8.32. The number of amides is 1. The van der Waals surface area contributed by atoms with E-state index in [0.717, 1.165) is 38.5 Å². The Morgan fingerprint density at radius 1 is 1.45 bits per heavy atom. The van der Waals surface area contributed by atoms with Gasteiger partial charge in [-0.15, -0.1) is 11.3 Å². The minimum absolute atomic E-state index is 0.161. The first-order valence-electron chi connectivity index (χ1n) is 7.44. The molecule has 2 rings (SSSR count). The first-order chi connectivity index (χ1) is 9.78. The average Bonchev–Trinajstić information content (AvgIpc) is 2.94. The molecule has 1 aromatic heterocycles. The molecule has 112 valence electrons. The summed E-state index contributed by atoms with van der Waals surface area (Å²) in [5.74, 6) is 0.937. The molecule has 20 heavy (non-hydrogen) atoms. The summed E-state index contributed by atoms with van der Waals surface area (Å²) in [6.07, 6.45) is 3.33. The third-order valence-corrected chi connectivity index (χ3v) is 4.78. The third-order valence-electron chi connectivity index (χ3n) is 3.84. The quantitative estimate of drug-likeness (QED) is 0.798. The predicted molar refractivity (Wildman–Crippen MR) is 84.1 cm³/mol. The third kappa shape index (κ3) is 5.23. The van der Waals surface area contributed by atoms with Crippen LogP contribution in [0.2, 0.25) is 0 Å². The van der Waals surface area contributed by atoms with E-state index in [-0.39, 0.29) is 5.91 Å². The lowest BCUT2D eigenvalue weighted by molar-refractivity contribution is -0.122. The maximum absolute atomic E-state index is 11.9. The maximum atomic E-state index is 11.9. The molecule has 1 amide bonds. The topological polar surface area (TPSA) is 44.4 Å². The van der Waals surface area contributed by atoms with Gasteiger partial charge in [0.25, 0.3) is 0 Å². The number of carbonyl (C=O) groups is 1. The number of hydrogen-bond donors (Lipinski definition) is 2. The zero-order valence-corrected chi connectivity index (χ0v) is 13.0. The van der Waals surface area contributed by atoms with Crippen molar-refractivity contribution < 1.29 is 4.79 Å². The highest BCUT2D eigenvalue weighted by Gasteiger charge is 2.19. The second kappa shape index (κ2) is 8.39. The molecular formula is C15H25N3OS. The zero-order chi connectivity index (χ0) is 14.2. The highest BCUT2D eigenvalue weighted by Crippen LogP contribution is 2.15. The summed E-state index contributed by atoms with van der Waals surface area (Å²) in [6.45, 7) is 4.49. The molecule has 0 atom stereocenters. The normalized spacial score (nSPS) is 17.2. The van der Waals surface area contributed by atoms with Crippen molar-refractivity contribution in [1.82, 2.24) is 15.5 Å². The van der Waals surface area contributed by atoms with Crippen molar-refractivity contribution in [3.05, 3.63) is 22.4 Å². The van der Waals surface area contributed by atoms with Gasteiger partial charge >= 0.3 is 0 Å². The first kappa shape index (κ1) is 15.5. The fraction of sp³-hybridized carbons (Fsp3) is 0.667. The van der Waals surface area contributed by atoms with Crippen molar-refractivity contribution in [1.29, 1.82) is 0 Å². The Morgan fingerprint density at radius 2 is 2.25 bits per heavy atom. The van der Waals surface area contributed by atoms with Crippen molar-refractivity contribution in [3.8, 4) is 0 Å². The van der Waals surface area contributed by atoms with Gasteiger partial charge in [0.15, 0.2) is 0 Å². The molecule has 2 heterocycles. The van der Waals surface area contributed by atoms with Crippen LogP contribution in [0.1, 0.15) is 17.7 Å². The lowest BCUT2D eigenvalue weighted by atomic mass is 9.97. The van der Waals surface area contributed by atoms with Crippen LogP contribution >= 0.6 is 11.3 Å². The van der Waals surface area contributed by atoms with Gasteiger partial charge in [0.05, 0.1) is 6.54 Å². The molecule has 0 aromatic carbocycles. The van der Waals surface area contributed by atoms with Crippen LogP contribution in [0.25, 0.3) is 0 Å². The number of hydrogen-bond acceptors (Lipinski definition) is 4. The Labute approximate surface area is 125 Å². The van der Waals surface area contributed by atoms with E-state index in [2.05, 4.69) is 33.0 Å². The van der Waals surface area contributed by atoms with Crippen LogP contribution in [0.3, 0.4) is 0 Å². The van der Waals surface area contributed by atoms with Crippen molar-refractivity contribution in [2.24, 2.45) is 5.92 Å². The fourth-order valence-electron chi connectivity index (χ4n) is 2.68. The molecule has 0 spiro atoms. The molecule has 1 saturated heterocycles. The van der Waals surface area contributed by atoms with Gasteiger partial charge < -0.3 is 10.6 Å². The molecule has 0 aliphatic carbocycles. The largest absolute Gasteiger partial charge is 0.355 e. The maximum Gasteiger partial charge on any atom is 0.234 e. The van der Waals surface area contributed by atoms with Crippen molar-refractivity contribution in [2.75, 3.05) is 39.8 Å². The van der Waals surface area contributed by atoms with Gasteiger partial charge in [-0.25, -0.2) is 0 Å². The molecule has 0 saturated carbocycles. The number of likely N-dealkylation sites (tertiary alicyclic amines) is 1. The molecular weight excluding hydrogens is 270 g/mol. The molecule has 5 heteroatoms. The molecule has 1 fully saturated rings. The van der Waals surface area contributed by atoms with Crippen molar-refractivity contribution in [2.45, 2.75) is 19.3 Å². The van der Waals surface area contributed by atoms with Crippen LogP contribution in [0.15, 0.2) is 17.5 Å². The SMILES string of the molecule is CNCC1CCN(CC(=O)NCCc2cccs2)CC1. The van der Waals surface area contributed by atoms with E-state index in [1.54, 1.807) is 11.3 Å². The van der Waals surface area contributed by atoms with Gasteiger partial charge in [-0.1, -0.05) is 6.07 Å². The number of carbonyl (C=O) groups excluding carboxylic acids is 1. The molecule has 1 aromatic rings. The van der Waals surface area contributed by atoms with Gasteiger partial charge in [0.2, 0.25) is 5.91 Å². The number of nitrogens with one attached hydrogen (secondary N) is 2. The molecule has 0 radical (unpaired) electrons. The highest BCUT2D eigenvalue weighted by atomic mass is 32.1. The van der Waals surface area contributed by atoms with Gasteiger partial charge in [-0.3, -0.25) is 9.69 Å². The van der Waals surface area contributed by atoms with Crippen LogP contribution < -0.4 is 10.6 Å². The Kier molecular flexibility index (Phi) is 6.50. The second-order valence-corrected chi connectivity index (χ2v) is 6.49. The van der Waals surface area contributed by atoms with Crippen LogP contribution in [0.4, 0.5) is 0 Å². The van der Waals surface area contributed by atoms with Crippen molar-refractivity contribution in [3.63, 3.8) is 0 Å². The monoisotopic (exact) mass is 295 g/mol. The minimum atomic E-state index is 0.161. The van der Waals surface area contributed by atoms with E-state index >= 15 is 0 Å². The summed E-state index contributed by atoms with van der Waals surface area (Å²) in [5.41, 5.74) is 0. The van der Waals surface area contributed by atoms with E-state index in [9.17, 15) is 4.79 Å². The molecule has 1 aliphatic rings. The van der Waals surface area contributed by atoms with E-state index < -0.39 is 0 Å². The minimum Gasteiger partial charge on any atom is -0.355 e. The lowest BCUT2D eigenvalue weighted by Gasteiger charge is -2.31. The van der Waals surface area contributed by atoms with Gasteiger partial charge in [0, 0.05) is 11.4 Å². The lowest BCUT2D eigenvalue weighted by Crippen LogP contribution is -2.43. The zero-order valence-electron chi connectivity index (χ0n) is 12.2. The van der Waals surface area contributed by atoms with Crippen LogP contribution in [-0.2, 0) is 11.2 Å². The second-order valence-electron chi connectivity index (χ2n) is 5.46. The summed E-state index contributed by atoms with van der Waals surface area (Å²) in [7, 11) is 2.01. The van der Waals surface area contributed by atoms with E-state index in [0.29, 0.717) is 6.54 Å². The van der Waals surface area contributed by atoms with E-state index in [4.69, 9.17) is 0 Å². The van der Waals surface area contributed by atoms with E-state index in [1.165, 1.54) is 17.7 Å². The fourth-order valence-corrected chi connectivity index (χ4v) is 3.39. The predicted octanol–water partition coefficient (Wildman–Crippen LogP) is 1.34. The highest BCUT2D eigenvalue weighted by molar-refractivity contribution is 7.09. The number of thiophene rings is 1.